The van der Waals surface area contributed by atoms with Crippen LogP contribution in [-0.2, 0) is 11.2 Å². The van der Waals surface area contributed by atoms with E-state index in [4.69, 9.17) is 4.74 Å². The lowest BCUT2D eigenvalue weighted by Gasteiger charge is -2.21. The first kappa shape index (κ1) is 21.9. The van der Waals surface area contributed by atoms with Crippen molar-refractivity contribution >= 4 is 17.7 Å². The Bertz CT molecular complexity index is 1300. The van der Waals surface area contributed by atoms with E-state index in [1.54, 1.807) is 0 Å². The van der Waals surface area contributed by atoms with E-state index >= 15 is 0 Å². The van der Waals surface area contributed by atoms with Crippen LogP contribution < -0.4 is 10.7 Å². The number of fused-ring (bicyclic) bond motifs is 3. The second kappa shape index (κ2) is 8.76. The number of carbonyl (C=O) groups is 1. The zero-order chi connectivity index (χ0) is 23.1. The van der Waals surface area contributed by atoms with E-state index in [1.165, 1.54) is 30.0 Å². The first-order chi connectivity index (χ1) is 15.9. The summed E-state index contributed by atoms with van der Waals surface area (Å²) in [7, 11) is 0. The highest BCUT2D eigenvalue weighted by Crippen LogP contribution is 2.45. The number of benzene rings is 2. The summed E-state index contributed by atoms with van der Waals surface area (Å²) < 4.78 is 35.6. The van der Waals surface area contributed by atoms with Crippen LogP contribution in [0.25, 0.3) is 5.69 Å². The van der Waals surface area contributed by atoms with Gasteiger partial charge in [0.05, 0.1) is 18.3 Å². The van der Waals surface area contributed by atoms with Crippen LogP contribution in [0.4, 0.5) is 8.78 Å². The molecular weight excluding hydrogens is 446 g/mol. The van der Waals surface area contributed by atoms with Crippen molar-refractivity contribution in [1.82, 2.24) is 9.88 Å². The number of nitrogens with one attached hydrogen (secondary N) is 1. The molecule has 0 spiro atoms. The Morgan fingerprint density at radius 3 is 2.76 bits per heavy atom. The van der Waals surface area contributed by atoms with E-state index in [9.17, 15) is 18.4 Å². The van der Waals surface area contributed by atoms with Gasteiger partial charge in [-0.1, -0.05) is 18.2 Å². The summed E-state index contributed by atoms with van der Waals surface area (Å²) >= 11 is 1.44. The van der Waals surface area contributed by atoms with Crippen LogP contribution in [0.3, 0.4) is 0 Å². The molecule has 3 heterocycles. The van der Waals surface area contributed by atoms with Crippen LogP contribution in [0.1, 0.15) is 39.0 Å². The molecule has 1 amide bonds. The molecule has 1 fully saturated rings. The number of thioether (sulfide) groups is 1. The SMILES string of the molecule is Cc1cc(=O)c(C(=O)NC2CCOC2)c2n1-c1ccccc1SC(c1ccc(F)cc1F)C2. The number of ether oxygens (including phenoxy) is 1. The van der Waals surface area contributed by atoms with Crippen molar-refractivity contribution < 1.29 is 18.3 Å². The third-order valence-corrected chi connectivity index (χ3v) is 7.36. The van der Waals surface area contributed by atoms with Gasteiger partial charge in [-0.25, -0.2) is 8.78 Å². The zero-order valence-electron chi connectivity index (χ0n) is 17.9. The lowest BCUT2D eigenvalue weighted by Crippen LogP contribution is -2.39. The molecule has 8 heteroatoms. The molecule has 0 bridgehead atoms. The highest BCUT2D eigenvalue weighted by Gasteiger charge is 2.31. The van der Waals surface area contributed by atoms with Gasteiger partial charge in [-0.05, 0) is 31.5 Å². The van der Waals surface area contributed by atoms with E-state index in [-0.39, 0.29) is 23.5 Å². The van der Waals surface area contributed by atoms with Gasteiger partial charge in [-0.2, -0.15) is 0 Å². The highest BCUT2D eigenvalue weighted by molar-refractivity contribution is 7.99. The van der Waals surface area contributed by atoms with Crippen LogP contribution in [-0.4, -0.2) is 29.7 Å². The van der Waals surface area contributed by atoms with Gasteiger partial charge in [-0.3, -0.25) is 9.59 Å². The summed E-state index contributed by atoms with van der Waals surface area (Å²) in [6, 6.07) is 12.5. The zero-order valence-corrected chi connectivity index (χ0v) is 18.8. The molecule has 3 aromatic rings. The maximum atomic E-state index is 14.8. The van der Waals surface area contributed by atoms with Crippen molar-refractivity contribution in [2.75, 3.05) is 13.2 Å². The van der Waals surface area contributed by atoms with Crippen molar-refractivity contribution in [2.24, 2.45) is 0 Å². The summed E-state index contributed by atoms with van der Waals surface area (Å²) in [6.45, 7) is 2.78. The fourth-order valence-electron chi connectivity index (χ4n) is 4.52. The van der Waals surface area contributed by atoms with E-state index in [0.717, 1.165) is 16.6 Å². The molecular formula is C25H22F2N2O3S. The molecule has 2 aliphatic heterocycles. The second-order valence-corrected chi connectivity index (χ2v) is 9.53. The van der Waals surface area contributed by atoms with E-state index in [2.05, 4.69) is 5.32 Å². The molecule has 170 valence electrons. The van der Waals surface area contributed by atoms with Crippen LogP contribution >= 0.6 is 11.8 Å². The first-order valence-electron chi connectivity index (χ1n) is 10.8. The number of para-hydroxylation sites is 1. The van der Waals surface area contributed by atoms with Gasteiger partial charge in [0.25, 0.3) is 5.91 Å². The van der Waals surface area contributed by atoms with Crippen molar-refractivity contribution in [3.63, 3.8) is 0 Å². The van der Waals surface area contributed by atoms with Crippen molar-refractivity contribution in [3.8, 4) is 5.69 Å². The summed E-state index contributed by atoms with van der Waals surface area (Å²) in [5, 5.41) is 2.46. The Morgan fingerprint density at radius 1 is 1.18 bits per heavy atom. The molecule has 1 saturated heterocycles. The average Bonchev–Trinajstić information content (AvgIpc) is 3.20. The van der Waals surface area contributed by atoms with Gasteiger partial charge >= 0.3 is 0 Å². The molecule has 2 aromatic carbocycles. The van der Waals surface area contributed by atoms with Crippen molar-refractivity contribution in [2.45, 2.75) is 36.0 Å². The number of aryl methyl sites for hydroxylation is 1. The third-order valence-electron chi connectivity index (χ3n) is 6.05. The first-order valence-corrected chi connectivity index (χ1v) is 11.7. The molecule has 1 N–H and O–H groups in total. The quantitative estimate of drug-likeness (QED) is 0.622. The number of carbonyl (C=O) groups excluding carboxylic acids is 1. The molecule has 0 saturated carbocycles. The van der Waals surface area contributed by atoms with Crippen molar-refractivity contribution in [1.29, 1.82) is 0 Å². The minimum absolute atomic E-state index is 0.0531. The van der Waals surface area contributed by atoms with Crippen LogP contribution in [0.15, 0.2) is 58.2 Å². The second-order valence-electron chi connectivity index (χ2n) is 8.29. The minimum atomic E-state index is -0.651. The standard InChI is InChI=1S/C25H22F2N2O3S/c1-14-10-21(30)24(25(31)28-16-8-9-32-13-16)20-12-23(17-7-6-15(26)11-18(17)27)33-22-5-3-2-4-19(22)29(14)20/h2-7,10-11,16,23H,8-9,12-13H2,1H3,(H,28,31). The molecule has 5 nitrogen and oxygen atoms in total. The van der Waals surface area contributed by atoms with Gasteiger partial charge in [0, 0.05) is 52.3 Å². The Hall–Kier alpha value is -2.97. The van der Waals surface area contributed by atoms with E-state index < -0.39 is 22.8 Å². The summed E-state index contributed by atoms with van der Waals surface area (Å²) in [5.74, 6) is -1.76. The smallest absolute Gasteiger partial charge is 0.257 e. The summed E-state index contributed by atoms with van der Waals surface area (Å²) in [4.78, 5) is 27.2. The molecule has 2 unspecified atom stereocenters. The van der Waals surface area contributed by atoms with Gasteiger partial charge in [0.2, 0.25) is 0 Å². The normalized spacial score (nSPS) is 19.5. The number of amides is 1. The van der Waals surface area contributed by atoms with E-state index in [1.807, 2.05) is 35.8 Å². The minimum Gasteiger partial charge on any atom is -0.379 e. The van der Waals surface area contributed by atoms with Crippen LogP contribution in [0, 0.1) is 18.6 Å². The molecule has 33 heavy (non-hydrogen) atoms. The monoisotopic (exact) mass is 468 g/mol. The Labute approximate surface area is 193 Å². The van der Waals surface area contributed by atoms with Crippen LogP contribution in [0.2, 0.25) is 0 Å². The largest absolute Gasteiger partial charge is 0.379 e. The Morgan fingerprint density at radius 2 is 2.00 bits per heavy atom. The maximum absolute atomic E-state index is 14.8. The van der Waals surface area contributed by atoms with Gasteiger partial charge < -0.3 is 14.6 Å². The molecule has 5 rings (SSSR count). The maximum Gasteiger partial charge on any atom is 0.257 e. The molecule has 0 radical (unpaired) electrons. The number of nitrogens with zero attached hydrogens (tertiary/aromatic N) is 1. The third kappa shape index (κ3) is 4.09. The lowest BCUT2D eigenvalue weighted by atomic mass is 10.0. The topological polar surface area (TPSA) is 60.3 Å². The predicted octanol–water partition coefficient (Wildman–Crippen LogP) is 4.33. The number of hydrogen-bond donors (Lipinski definition) is 1. The average molecular weight is 469 g/mol. The number of rotatable bonds is 3. The van der Waals surface area contributed by atoms with Crippen molar-refractivity contribution in [3.05, 3.63) is 92.9 Å². The molecule has 1 aromatic heterocycles. The number of halogens is 2. The number of aromatic nitrogens is 1. The summed E-state index contributed by atoms with van der Waals surface area (Å²) in [5.41, 5.74) is 2.02. The fourth-order valence-corrected chi connectivity index (χ4v) is 5.82. The fraction of sp³-hybridized carbons (Fsp3) is 0.280. The highest BCUT2D eigenvalue weighted by atomic mass is 32.2. The number of pyridine rings is 1. The summed E-state index contributed by atoms with van der Waals surface area (Å²) in [6.07, 6.45) is 0.909. The van der Waals surface area contributed by atoms with Gasteiger partial charge in [0.15, 0.2) is 5.43 Å². The predicted molar refractivity (Wildman–Crippen MR) is 122 cm³/mol. The van der Waals surface area contributed by atoms with Crippen LogP contribution in [0.5, 0.6) is 0 Å². The van der Waals surface area contributed by atoms with Gasteiger partial charge in [0.1, 0.15) is 17.2 Å². The van der Waals surface area contributed by atoms with E-state index in [0.29, 0.717) is 36.6 Å². The number of hydrogen-bond acceptors (Lipinski definition) is 4. The lowest BCUT2D eigenvalue weighted by molar-refractivity contribution is 0.0927. The molecule has 0 aliphatic carbocycles. The Kier molecular flexibility index (Phi) is 5.80. The Balaban J connectivity index is 1.69. The molecule has 2 aliphatic rings. The molecule has 2 atom stereocenters. The van der Waals surface area contributed by atoms with Gasteiger partial charge in [-0.15, -0.1) is 11.8 Å².